The van der Waals surface area contributed by atoms with Gasteiger partial charge in [0.2, 0.25) is 10.0 Å². The van der Waals surface area contributed by atoms with Crippen LogP contribution in [0.3, 0.4) is 0 Å². The van der Waals surface area contributed by atoms with Gasteiger partial charge in [0.1, 0.15) is 9.84 Å². The van der Waals surface area contributed by atoms with Gasteiger partial charge in [-0.3, -0.25) is 0 Å². The van der Waals surface area contributed by atoms with Gasteiger partial charge in [-0.05, 0) is 31.1 Å². The van der Waals surface area contributed by atoms with Crippen LogP contribution in [-0.4, -0.2) is 46.0 Å². The van der Waals surface area contributed by atoms with Crippen molar-refractivity contribution in [2.45, 2.75) is 50.2 Å². The molecule has 1 saturated carbocycles. The van der Waals surface area contributed by atoms with E-state index >= 15 is 0 Å². The largest absolute Gasteiger partial charge is 0.229 e. The predicted octanol–water partition coefficient (Wildman–Crippen LogP) is 1.67. The Balaban J connectivity index is 1.95. The van der Waals surface area contributed by atoms with Crippen molar-refractivity contribution in [2.24, 2.45) is 5.41 Å². The Kier molecular flexibility index (Phi) is 5.60. The second kappa shape index (κ2) is 6.72. The second-order valence-corrected chi connectivity index (χ2v) is 11.0. The number of hydrogen-bond donors (Lipinski definition) is 1. The van der Waals surface area contributed by atoms with Crippen molar-refractivity contribution >= 4 is 31.5 Å². The Labute approximate surface area is 132 Å². The van der Waals surface area contributed by atoms with Gasteiger partial charge >= 0.3 is 0 Å². The molecule has 8 heteroatoms. The summed E-state index contributed by atoms with van der Waals surface area (Å²) in [6.07, 6.45) is 5.69. The lowest BCUT2D eigenvalue weighted by molar-refractivity contribution is 0.223. The molecule has 5 nitrogen and oxygen atoms in total. The number of halogens is 1. The van der Waals surface area contributed by atoms with Crippen LogP contribution < -0.4 is 4.72 Å². The molecule has 0 radical (unpaired) electrons. The molecule has 0 aromatic rings. The molecule has 2 rings (SSSR count). The van der Waals surface area contributed by atoms with Crippen molar-refractivity contribution in [3.05, 3.63) is 0 Å². The molecule has 2 fully saturated rings. The average molecular weight is 358 g/mol. The van der Waals surface area contributed by atoms with Crippen LogP contribution in [0, 0.1) is 5.41 Å². The SMILES string of the molecule is O=S1(=O)CCC(S(=O)(=O)NCC2(CCl)CCCCC2)CC1. The first-order valence-electron chi connectivity index (χ1n) is 7.54. The lowest BCUT2D eigenvalue weighted by Gasteiger charge is -2.36. The molecule has 1 heterocycles. The van der Waals surface area contributed by atoms with Gasteiger partial charge in [-0.25, -0.2) is 21.6 Å². The highest BCUT2D eigenvalue weighted by Crippen LogP contribution is 2.37. The highest BCUT2D eigenvalue weighted by atomic mass is 35.5. The zero-order valence-corrected chi connectivity index (χ0v) is 14.6. The number of nitrogens with one attached hydrogen (secondary N) is 1. The van der Waals surface area contributed by atoms with Crippen LogP contribution in [0.2, 0.25) is 0 Å². The minimum absolute atomic E-state index is 0.0285. The van der Waals surface area contributed by atoms with E-state index in [2.05, 4.69) is 4.72 Å². The highest BCUT2D eigenvalue weighted by molar-refractivity contribution is 7.92. The third-order valence-corrected chi connectivity index (χ3v) is 8.96. The molecule has 0 unspecified atom stereocenters. The van der Waals surface area contributed by atoms with E-state index in [1.165, 1.54) is 6.42 Å². The van der Waals surface area contributed by atoms with Crippen LogP contribution >= 0.6 is 11.6 Å². The van der Waals surface area contributed by atoms with Crippen molar-refractivity contribution in [3.8, 4) is 0 Å². The van der Waals surface area contributed by atoms with Gasteiger partial charge in [-0.15, -0.1) is 11.6 Å². The summed E-state index contributed by atoms with van der Waals surface area (Å²) in [6.45, 7) is 0.377. The van der Waals surface area contributed by atoms with E-state index < -0.39 is 25.1 Å². The van der Waals surface area contributed by atoms with Gasteiger partial charge in [0, 0.05) is 12.4 Å². The predicted molar refractivity (Wildman–Crippen MR) is 84.8 cm³/mol. The molecule has 0 spiro atoms. The van der Waals surface area contributed by atoms with Gasteiger partial charge in [0.25, 0.3) is 0 Å². The fourth-order valence-electron chi connectivity index (χ4n) is 3.21. The van der Waals surface area contributed by atoms with E-state index in [9.17, 15) is 16.8 Å². The van der Waals surface area contributed by atoms with Gasteiger partial charge < -0.3 is 0 Å². The van der Waals surface area contributed by atoms with E-state index in [1.807, 2.05) is 0 Å². The zero-order valence-electron chi connectivity index (χ0n) is 12.2. The van der Waals surface area contributed by atoms with Crippen molar-refractivity contribution in [1.82, 2.24) is 4.72 Å². The van der Waals surface area contributed by atoms with Crippen molar-refractivity contribution in [1.29, 1.82) is 0 Å². The van der Waals surface area contributed by atoms with Crippen molar-refractivity contribution in [2.75, 3.05) is 23.9 Å². The summed E-state index contributed by atoms with van der Waals surface area (Å²) in [5.41, 5.74) is -0.131. The van der Waals surface area contributed by atoms with Gasteiger partial charge in [-0.1, -0.05) is 19.3 Å². The first-order chi connectivity index (χ1) is 9.79. The van der Waals surface area contributed by atoms with Gasteiger partial charge in [0.15, 0.2) is 0 Å². The Morgan fingerprint density at radius 2 is 1.67 bits per heavy atom. The quantitative estimate of drug-likeness (QED) is 0.759. The van der Waals surface area contributed by atoms with Crippen LogP contribution in [0.1, 0.15) is 44.9 Å². The van der Waals surface area contributed by atoms with E-state index in [0.717, 1.165) is 25.7 Å². The summed E-state index contributed by atoms with van der Waals surface area (Å²) in [4.78, 5) is 0. The summed E-state index contributed by atoms with van der Waals surface area (Å²) in [5, 5.41) is -0.586. The molecule has 0 bridgehead atoms. The Bertz CT molecular complexity index is 539. The number of alkyl halides is 1. The maximum atomic E-state index is 12.3. The second-order valence-electron chi connectivity index (χ2n) is 6.41. The summed E-state index contributed by atoms with van der Waals surface area (Å²) >= 11 is 6.08. The monoisotopic (exact) mass is 357 g/mol. The standard InChI is InChI=1S/C13H24ClNO4S2/c14-10-13(6-2-1-3-7-13)11-15-21(18,19)12-4-8-20(16,17)9-5-12/h12,15H,1-11H2. The smallest absolute Gasteiger partial charge is 0.214 e. The first-order valence-corrected chi connectivity index (χ1v) is 11.4. The van der Waals surface area contributed by atoms with Crippen molar-refractivity contribution in [3.63, 3.8) is 0 Å². The third kappa shape index (κ3) is 4.56. The lowest BCUT2D eigenvalue weighted by atomic mass is 9.76. The third-order valence-electron chi connectivity index (χ3n) is 4.79. The minimum atomic E-state index is -3.45. The Morgan fingerprint density at radius 1 is 1.10 bits per heavy atom. The Hall–Kier alpha value is 0.150. The highest BCUT2D eigenvalue weighted by Gasteiger charge is 2.36. The normalized spacial score (nSPS) is 26.5. The van der Waals surface area contributed by atoms with Crippen LogP contribution in [0.15, 0.2) is 0 Å². The maximum Gasteiger partial charge on any atom is 0.214 e. The maximum absolute atomic E-state index is 12.3. The fraction of sp³-hybridized carbons (Fsp3) is 1.00. The number of sulfonamides is 1. The van der Waals surface area contributed by atoms with Gasteiger partial charge in [-0.2, -0.15) is 0 Å². The lowest BCUT2D eigenvalue weighted by Crippen LogP contribution is -2.45. The molecular weight excluding hydrogens is 334 g/mol. The molecule has 1 saturated heterocycles. The molecule has 2 aliphatic rings. The van der Waals surface area contributed by atoms with E-state index in [0.29, 0.717) is 12.4 Å². The summed E-state index contributed by atoms with van der Waals surface area (Å²) in [5.74, 6) is 0.410. The Morgan fingerprint density at radius 3 is 2.19 bits per heavy atom. The van der Waals surface area contributed by atoms with E-state index in [4.69, 9.17) is 11.6 Å². The summed E-state index contributed by atoms with van der Waals surface area (Å²) in [7, 11) is -6.50. The van der Waals surface area contributed by atoms with Gasteiger partial charge in [0.05, 0.1) is 16.8 Å². The minimum Gasteiger partial charge on any atom is -0.229 e. The first kappa shape index (κ1) is 17.5. The number of hydrogen-bond acceptors (Lipinski definition) is 4. The molecule has 1 aliphatic heterocycles. The van der Waals surface area contributed by atoms with Crippen LogP contribution in [-0.2, 0) is 19.9 Å². The molecule has 1 N–H and O–H groups in total. The fourth-order valence-corrected chi connectivity index (χ4v) is 6.96. The average Bonchev–Trinajstić information content (AvgIpc) is 2.46. The molecule has 0 aromatic carbocycles. The summed E-state index contributed by atoms with van der Waals surface area (Å²) in [6, 6.07) is 0. The molecule has 21 heavy (non-hydrogen) atoms. The molecule has 1 aliphatic carbocycles. The van der Waals surface area contributed by atoms with Crippen LogP contribution in [0.25, 0.3) is 0 Å². The molecular formula is C13H24ClNO4S2. The number of rotatable bonds is 5. The summed E-state index contributed by atoms with van der Waals surface area (Å²) < 4.78 is 50.2. The molecule has 0 atom stereocenters. The van der Waals surface area contributed by atoms with E-state index in [1.54, 1.807) is 0 Å². The van der Waals surface area contributed by atoms with Crippen LogP contribution in [0.5, 0.6) is 0 Å². The molecule has 0 aromatic heterocycles. The van der Waals surface area contributed by atoms with Crippen molar-refractivity contribution < 1.29 is 16.8 Å². The molecule has 0 amide bonds. The topological polar surface area (TPSA) is 80.3 Å². The number of sulfone groups is 1. The molecule has 124 valence electrons. The van der Waals surface area contributed by atoms with Crippen LogP contribution in [0.4, 0.5) is 0 Å². The zero-order chi connectivity index (χ0) is 15.6. The van der Waals surface area contributed by atoms with E-state index in [-0.39, 0.29) is 29.8 Å².